The predicted molar refractivity (Wildman–Crippen MR) is 159 cm³/mol. The molecular formula is C33H66ClNO3. The Labute approximate surface area is 244 Å². The van der Waals surface area contributed by atoms with Crippen LogP contribution in [-0.4, -0.2) is 62.9 Å². The van der Waals surface area contributed by atoms with Gasteiger partial charge in [-0.1, -0.05) is 136 Å². The van der Waals surface area contributed by atoms with Crippen LogP contribution in [0.1, 0.15) is 155 Å². The second-order valence-electron chi connectivity index (χ2n) is 12.1. The summed E-state index contributed by atoms with van der Waals surface area (Å²) >= 11 is 0. The molecule has 1 aliphatic rings. The Balaban J connectivity index is 0.0000137. The average molecular weight is 560 g/mol. The molecule has 1 fully saturated rings. The third-order valence-electron chi connectivity index (χ3n) is 8.56. The number of unbranched alkanes of at least 4 members (excludes halogenated alkanes) is 19. The minimum absolute atomic E-state index is 0. The number of hydrogen-bond donors (Lipinski definition) is 0. The van der Waals surface area contributed by atoms with Crippen molar-refractivity contribution in [2.45, 2.75) is 161 Å². The molecule has 0 N–H and O–H groups in total. The maximum atomic E-state index is 13.3. The molecule has 5 heteroatoms. The first-order valence-electron chi connectivity index (χ1n) is 16.7. The van der Waals surface area contributed by atoms with Crippen LogP contribution in [0.15, 0.2) is 0 Å². The van der Waals surface area contributed by atoms with Gasteiger partial charge in [-0.3, -0.25) is 4.79 Å². The fourth-order valence-electron chi connectivity index (χ4n) is 5.71. The summed E-state index contributed by atoms with van der Waals surface area (Å²) in [7, 11) is 2.24. The van der Waals surface area contributed by atoms with Gasteiger partial charge in [0, 0.05) is 13.0 Å². The van der Waals surface area contributed by atoms with Crippen LogP contribution in [0.3, 0.4) is 0 Å². The Morgan fingerprint density at radius 2 is 1.05 bits per heavy atom. The minimum Gasteiger partial charge on any atom is -1.00 e. The zero-order chi connectivity index (χ0) is 26.9. The predicted octanol–water partition coefficient (Wildman–Crippen LogP) is 6.04. The van der Waals surface area contributed by atoms with E-state index < -0.39 is 0 Å². The van der Waals surface area contributed by atoms with E-state index in [1.165, 1.54) is 122 Å². The van der Waals surface area contributed by atoms with Crippen molar-refractivity contribution in [3.8, 4) is 0 Å². The monoisotopic (exact) mass is 559 g/mol. The van der Waals surface area contributed by atoms with Gasteiger partial charge in [0.25, 0.3) is 0 Å². The first-order chi connectivity index (χ1) is 18.1. The van der Waals surface area contributed by atoms with E-state index in [1.54, 1.807) is 0 Å². The summed E-state index contributed by atoms with van der Waals surface area (Å²) in [5.74, 6) is 0.419. The van der Waals surface area contributed by atoms with Crippen LogP contribution in [0.2, 0.25) is 0 Å². The van der Waals surface area contributed by atoms with Gasteiger partial charge in [0.2, 0.25) is 0 Å². The van der Waals surface area contributed by atoms with Gasteiger partial charge in [-0.15, -0.1) is 0 Å². The van der Waals surface area contributed by atoms with Crippen LogP contribution in [0.4, 0.5) is 0 Å². The van der Waals surface area contributed by atoms with Crippen molar-refractivity contribution in [2.24, 2.45) is 0 Å². The molecule has 38 heavy (non-hydrogen) atoms. The van der Waals surface area contributed by atoms with E-state index in [1.807, 2.05) is 0 Å². The fourth-order valence-corrected chi connectivity index (χ4v) is 5.71. The van der Waals surface area contributed by atoms with Crippen LogP contribution in [0.25, 0.3) is 0 Å². The lowest BCUT2D eigenvalue weighted by atomic mass is 10.0. The average Bonchev–Trinajstić information content (AvgIpc) is 2.90. The molecule has 0 spiro atoms. The van der Waals surface area contributed by atoms with E-state index in [9.17, 15) is 4.79 Å². The summed E-state index contributed by atoms with van der Waals surface area (Å²) in [5.41, 5.74) is 0. The number of likely N-dealkylation sites (N-methyl/N-ethyl adjacent to an activating group) is 1. The fraction of sp³-hybridized carbons (Fsp3) is 0.970. The van der Waals surface area contributed by atoms with Crippen molar-refractivity contribution in [3.63, 3.8) is 0 Å². The Bertz CT molecular complexity index is 510. The summed E-state index contributed by atoms with van der Waals surface area (Å²) < 4.78 is 12.6. The molecule has 0 bridgehead atoms. The highest BCUT2D eigenvalue weighted by atomic mass is 35.5. The number of ketones is 1. The van der Waals surface area contributed by atoms with Gasteiger partial charge >= 0.3 is 0 Å². The highest BCUT2D eigenvalue weighted by molar-refractivity contribution is 5.83. The number of Topliss-reactive ketones (excluding diaryl/α,β-unsaturated/α-hetero) is 1. The van der Waals surface area contributed by atoms with Crippen LogP contribution in [0.5, 0.6) is 0 Å². The SMILES string of the molecule is CCCCCCCCCCCCCCOCC(C(=O)CCCCCCCCCCC)[N+]1(C)CCOCC1.[Cl-]. The summed E-state index contributed by atoms with van der Waals surface area (Å²) in [4.78, 5) is 13.3. The molecule has 1 saturated heterocycles. The summed E-state index contributed by atoms with van der Waals surface area (Å²) in [5, 5.41) is 0. The quantitative estimate of drug-likeness (QED) is 0.0908. The van der Waals surface area contributed by atoms with Crippen LogP contribution < -0.4 is 12.4 Å². The van der Waals surface area contributed by atoms with Crippen LogP contribution in [-0.2, 0) is 14.3 Å². The molecule has 1 rings (SSSR count). The van der Waals surface area contributed by atoms with Crippen molar-refractivity contribution in [3.05, 3.63) is 0 Å². The van der Waals surface area contributed by atoms with Gasteiger partial charge in [-0.05, 0) is 12.8 Å². The zero-order valence-corrected chi connectivity index (χ0v) is 26.7. The normalized spacial score (nSPS) is 15.8. The number of carbonyl (C=O) groups is 1. The molecule has 0 aliphatic carbocycles. The van der Waals surface area contributed by atoms with E-state index in [-0.39, 0.29) is 18.4 Å². The molecule has 228 valence electrons. The van der Waals surface area contributed by atoms with E-state index >= 15 is 0 Å². The van der Waals surface area contributed by atoms with Crippen molar-refractivity contribution in [1.82, 2.24) is 0 Å². The number of hydrogen-bond acceptors (Lipinski definition) is 3. The third kappa shape index (κ3) is 19.8. The lowest BCUT2D eigenvalue weighted by molar-refractivity contribution is -0.932. The van der Waals surface area contributed by atoms with Gasteiger partial charge in [0.05, 0.1) is 20.3 Å². The Hall–Kier alpha value is -0.160. The molecule has 0 aromatic rings. The van der Waals surface area contributed by atoms with Crippen molar-refractivity contribution < 1.29 is 31.2 Å². The van der Waals surface area contributed by atoms with Gasteiger partial charge < -0.3 is 26.4 Å². The maximum Gasteiger partial charge on any atom is 0.192 e. The van der Waals surface area contributed by atoms with E-state index in [0.717, 1.165) is 56.7 Å². The maximum absolute atomic E-state index is 13.3. The molecule has 0 aromatic carbocycles. The molecule has 4 nitrogen and oxygen atoms in total. The first-order valence-corrected chi connectivity index (χ1v) is 16.7. The second kappa shape index (κ2) is 27.0. The van der Waals surface area contributed by atoms with Crippen LogP contribution in [0, 0.1) is 0 Å². The van der Waals surface area contributed by atoms with E-state index in [0.29, 0.717) is 12.4 Å². The highest BCUT2D eigenvalue weighted by Gasteiger charge is 2.39. The number of nitrogens with zero attached hydrogens (tertiary/aromatic N) is 1. The van der Waals surface area contributed by atoms with Gasteiger partial charge in [-0.25, -0.2) is 0 Å². The van der Waals surface area contributed by atoms with Crippen LogP contribution >= 0.6 is 0 Å². The number of ether oxygens (including phenoxy) is 2. The lowest BCUT2D eigenvalue weighted by Crippen LogP contribution is -3.00. The van der Waals surface area contributed by atoms with Gasteiger partial charge in [-0.2, -0.15) is 0 Å². The molecule has 1 atom stereocenters. The second-order valence-corrected chi connectivity index (χ2v) is 12.1. The molecule has 0 radical (unpaired) electrons. The van der Waals surface area contributed by atoms with Gasteiger partial charge in [0.15, 0.2) is 11.8 Å². The smallest absolute Gasteiger partial charge is 0.192 e. The number of rotatable bonds is 27. The molecule has 0 aromatic heterocycles. The lowest BCUT2D eigenvalue weighted by Gasteiger charge is -2.43. The van der Waals surface area contributed by atoms with E-state index in [4.69, 9.17) is 9.47 Å². The topological polar surface area (TPSA) is 35.5 Å². The number of halogens is 1. The van der Waals surface area contributed by atoms with Crippen molar-refractivity contribution >= 4 is 5.78 Å². The summed E-state index contributed by atoms with van der Waals surface area (Å²) in [6.07, 6.45) is 28.7. The first kappa shape index (κ1) is 37.8. The number of quaternary nitrogens is 1. The Morgan fingerprint density at radius 1 is 0.658 bits per heavy atom. The summed E-state index contributed by atoms with van der Waals surface area (Å²) in [6.45, 7) is 9.32. The molecule has 0 amide bonds. The molecule has 1 heterocycles. The summed E-state index contributed by atoms with van der Waals surface area (Å²) in [6, 6.07) is -0.0183. The largest absolute Gasteiger partial charge is 1.00 e. The van der Waals surface area contributed by atoms with Crippen molar-refractivity contribution in [2.75, 3.05) is 46.6 Å². The Morgan fingerprint density at radius 3 is 1.50 bits per heavy atom. The van der Waals surface area contributed by atoms with Crippen molar-refractivity contribution in [1.29, 1.82) is 0 Å². The number of carbonyl (C=O) groups excluding carboxylic acids is 1. The molecule has 0 saturated carbocycles. The van der Waals surface area contributed by atoms with E-state index in [2.05, 4.69) is 20.9 Å². The Kier molecular flexibility index (Phi) is 26.9. The minimum atomic E-state index is -0.0183. The zero-order valence-electron chi connectivity index (χ0n) is 25.9. The third-order valence-corrected chi connectivity index (χ3v) is 8.56. The molecule has 1 aliphatic heterocycles. The number of morpholine rings is 1. The molecular weight excluding hydrogens is 494 g/mol. The van der Waals surface area contributed by atoms with Gasteiger partial charge in [0.1, 0.15) is 19.7 Å². The molecule has 1 unspecified atom stereocenters. The standard InChI is InChI=1S/C33H66NO3.ClH/c1-4-6-8-10-12-14-15-16-18-20-22-24-28-37-31-32(34(3)26-29-36-30-27-34)33(35)25-23-21-19-17-13-11-9-7-5-2;/h32H,4-31H2,1-3H3;1H/q+1;/p-1. The highest BCUT2D eigenvalue weighted by Crippen LogP contribution is 2.19.